The summed E-state index contributed by atoms with van der Waals surface area (Å²) in [5, 5.41) is 3.88. The molecule has 0 radical (unpaired) electrons. The number of hydrogen-bond acceptors (Lipinski definition) is 4. The Bertz CT molecular complexity index is 892. The van der Waals surface area contributed by atoms with Gasteiger partial charge in [-0.25, -0.2) is 0 Å². The monoisotopic (exact) mass is 448 g/mol. The van der Waals surface area contributed by atoms with E-state index in [9.17, 15) is 18.0 Å². The van der Waals surface area contributed by atoms with Crippen molar-refractivity contribution in [2.45, 2.75) is 32.6 Å². The highest BCUT2D eigenvalue weighted by molar-refractivity contribution is 6.32. The predicted molar refractivity (Wildman–Crippen MR) is 107 cm³/mol. The average Bonchev–Trinajstić information content (AvgIpc) is 2.97. The van der Waals surface area contributed by atoms with E-state index in [1.54, 1.807) is 0 Å². The van der Waals surface area contributed by atoms with E-state index in [-0.39, 0.29) is 12.2 Å². The molecule has 5 nitrogen and oxygen atoms in total. The minimum atomic E-state index is -4.63. The molecule has 0 aliphatic carbocycles. The number of rotatable bonds is 5. The summed E-state index contributed by atoms with van der Waals surface area (Å²) >= 11 is 11.9. The third-order valence-electron chi connectivity index (χ3n) is 5.21. The Balaban J connectivity index is 1.68. The molecule has 0 spiro atoms. The quantitative estimate of drug-likeness (QED) is 0.642. The molecule has 2 heterocycles. The Morgan fingerprint density at radius 1 is 1.17 bits per heavy atom. The van der Waals surface area contributed by atoms with Crippen molar-refractivity contribution in [3.8, 4) is 0 Å². The van der Waals surface area contributed by atoms with Crippen LogP contribution in [0.25, 0.3) is 0 Å². The lowest BCUT2D eigenvalue weighted by atomic mass is 10.1. The number of carbonyl (C=O) groups is 1. The number of anilines is 1. The average molecular weight is 449 g/mol. The van der Waals surface area contributed by atoms with Crippen molar-refractivity contribution in [2.75, 3.05) is 31.1 Å². The van der Waals surface area contributed by atoms with Crippen molar-refractivity contribution in [3.63, 3.8) is 0 Å². The number of hydrogen-bond donors (Lipinski definition) is 0. The Morgan fingerprint density at radius 2 is 1.83 bits per heavy atom. The Labute approximate surface area is 177 Å². The van der Waals surface area contributed by atoms with E-state index in [4.69, 9.17) is 23.2 Å². The maximum absolute atomic E-state index is 13.0. The summed E-state index contributed by atoms with van der Waals surface area (Å²) < 4.78 is 40.2. The van der Waals surface area contributed by atoms with Crippen LogP contribution in [-0.4, -0.2) is 53.2 Å². The second kappa shape index (κ2) is 8.53. The van der Waals surface area contributed by atoms with Crippen molar-refractivity contribution in [2.24, 2.45) is 0 Å². The fourth-order valence-electron chi connectivity index (χ4n) is 3.44. The number of alkyl halides is 3. The summed E-state index contributed by atoms with van der Waals surface area (Å²) in [6, 6.07) is 5.24. The van der Waals surface area contributed by atoms with Gasteiger partial charge in [0.2, 0.25) is 0 Å². The van der Waals surface area contributed by atoms with Gasteiger partial charge in [-0.15, -0.1) is 0 Å². The topological polar surface area (TPSA) is 41.4 Å². The first kappa shape index (κ1) is 21.9. The summed E-state index contributed by atoms with van der Waals surface area (Å²) in [4.78, 5) is 15.8. The van der Waals surface area contributed by atoms with Gasteiger partial charge in [0.05, 0.1) is 23.3 Å². The van der Waals surface area contributed by atoms with E-state index in [0.717, 1.165) is 17.5 Å². The number of nitrogens with zero attached hydrogens (tertiary/aromatic N) is 4. The first-order valence-corrected chi connectivity index (χ1v) is 9.88. The number of aromatic nitrogens is 2. The highest BCUT2D eigenvalue weighted by atomic mass is 35.5. The predicted octanol–water partition coefficient (Wildman–Crippen LogP) is 4.22. The maximum atomic E-state index is 13.0. The largest absolute Gasteiger partial charge is 0.436 e. The Kier molecular flexibility index (Phi) is 6.45. The zero-order valence-corrected chi connectivity index (χ0v) is 17.5. The number of aryl methyl sites for hydroxylation is 1. The smallest absolute Gasteiger partial charge is 0.369 e. The molecule has 1 unspecified atom stereocenters. The second-order valence-electron chi connectivity index (χ2n) is 7.09. The van der Waals surface area contributed by atoms with E-state index in [0.29, 0.717) is 31.2 Å². The summed E-state index contributed by atoms with van der Waals surface area (Å²) in [5.74, 6) is 0. The van der Waals surface area contributed by atoms with Crippen molar-refractivity contribution in [1.29, 1.82) is 0 Å². The maximum Gasteiger partial charge on any atom is 0.436 e. The minimum Gasteiger partial charge on any atom is -0.369 e. The number of carbonyl (C=O) groups excluding carboxylic acids is 1. The molecule has 1 saturated heterocycles. The number of benzene rings is 1. The summed E-state index contributed by atoms with van der Waals surface area (Å²) in [7, 11) is 0. The molecule has 1 atom stereocenters. The number of aldehydes is 1. The minimum absolute atomic E-state index is 0.0190. The van der Waals surface area contributed by atoms with Gasteiger partial charge in [-0.2, -0.15) is 18.3 Å². The molecule has 2 aromatic rings. The molecule has 1 fully saturated rings. The van der Waals surface area contributed by atoms with Crippen molar-refractivity contribution in [3.05, 3.63) is 45.2 Å². The van der Waals surface area contributed by atoms with Crippen LogP contribution in [0.2, 0.25) is 10.0 Å². The van der Waals surface area contributed by atoms with Gasteiger partial charge in [-0.1, -0.05) is 23.2 Å². The SMILES string of the molecule is Cc1cc(N2CCN(C(C=O)Cn3nc(C(F)(F)F)c(Cl)c3C)CC2)ccc1Cl. The van der Waals surface area contributed by atoms with Gasteiger partial charge in [0.15, 0.2) is 5.69 Å². The standard InChI is InChI=1S/C19H21Cl2F3N4O/c1-12-9-14(3-4-16(12)20)26-5-7-27(8-6-26)15(11-29)10-28-13(2)17(21)18(25-28)19(22,23)24/h3-4,9,11,15H,5-8,10H2,1-2H3. The zero-order valence-electron chi connectivity index (χ0n) is 16.0. The fraction of sp³-hybridized carbons (Fsp3) is 0.474. The number of halogens is 5. The van der Waals surface area contributed by atoms with E-state index < -0.39 is 22.9 Å². The summed E-state index contributed by atoms with van der Waals surface area (Å²) in [5.41, 5.74) is 1.12. The molecule has 158 valence electrons. The molecule has 10 heteroatoms. The van der Waals surface area contributed by atoms with Gasteiger partial charge in [-0.3, -0.25) is 9.58 Å². The highest BCUT2D eigenvalue weighted by Crippen LogP contribution is 2.35. The fourth-order valence-corrected chi connectivity index (χ4v) is 3.80. The molecule has 1 aliphatic heterocycles. The van der Waals surface area contributed by atoms with Crippen molar-refractivity contribution < 1.29 is 18.0 Å². The van der Waals surface area contributed by atoms with Crippen LogP contribution in [0, 0.1) is 13.8 Å². The third kappa shape index (κ3) is 4.70. The Hall–Kier alpha value is -1.77. The molecule has 0 amide bonds. The van der Waals surface area contributed by atoms with E-state index in [2.05, 4.69) is 10.00 Å². The molecular weight excluding hydrogens is 428 g/mol. The molecule has 3 rings (SSSR count). The van der Waals surface area contributed by atoms with Crippen LogP contribution in [0.3, 0.4) is 0 Å². The molecule has 0 N–H and O–H groups in total. The highest BCUT2D eigenvalue weighted by Gasteiger charge is 2.38. The molecular formula is C19H21Cl2F3N4O. The van der Waals surface area contributed by atoms with Gasteiger partial charge in [0.25, 0.3) is 0 Å². The van der Waals surface area contributed by atoms with E-state index in [1.165, 1.54) is 11.6 Å². The normalized spacial score (nSPS) is 16.9. The van der Waals surface area contributed by atoms with Crippen LogP contribution in [0.4, 0.5) is 18.9 Å². The summed E-state index contributed by atoms with van der Waals surface area (Å²) in [6.45, 7) is 6.02. The lowest BCUT2D eigenvalue weighted by Crippen LogP contribution is -2.52. The molecule has 0 saturated carbocycles. The van der Waals surface area contributed by atoms with Crippen LogP contribution >= 0.6 is 23.2 Å². The molecule has 29 heavy (non-hydrogen) atoms. The zero-order chi connectivity index (χ0) is 21.3. The first-order chi connectivity index (χ1) is 13.6. The number of piperazine rings is 1. The molecule has 1 aromatic heterocycles. The van der Waals surface area contributed by atoms with Crippen molar-refractivity contribution >= 4 is 35.2 Å². The second-order valence-corrected chi connectivity index (χ2v) is 7.87. The Morgan fingerprint density at radius 3 is 2.34 bits per heavy atom. The van der Waals surface area contributed by atoms with Crippen LogP contribution in [-0.2, 0) is 17.5 Å². The van der Waals surface area contributed by atoms with Gasteiger partial charge in [-0.05, 0) is 37.6 Å². The molecule has 1 aliphatic rings. The van der Waals surface area contributed by atoms with E-state index >= 15 is 0 Å². The molecule has 1 aromatic carbocycles. The summed E-state index contributed by atoms with van der Waals surface area (Å²) in [6.07, 6.45) is -3.88. The van der Waals surface area contributed by atoms with Crippen LogP contribution in [0.5, 0.6) is 0 Å². The van der Waals surface area contributed by atoms with Crippen molar-refractivity contribution in [1.82, 2.24) is 14.7 Å². The molecule has 0 bridgehead atoms. The van der Waals surface area contributed by atoms with Crippen LogP contribution < -0.4 is 4.90 Å². The van der Waals surface area contributed by atoms with E-state index in [1.807, 2.05) is 30.0 Å². The van der Waals surface area contributed by atoms with Gasteiger partial charge < -0.3 is 9.69 Å². The van der Waals surface area contributed by atoms with Crippen LogP contribution in [0.1, 0.15) is 17.0 Å². The first-order valence-electron chi connectivity index (χ1n) is 9.12. The lowest BCUT2D eigenvalue weighted by molar-refractivity contribution is -0.141. The lowest BCUT2D eigenvalue weighted by Gasteiger charge is -2.38. The van der Waals surface area contributed by atoms with Gasteiger partial charge >= 0.3 is 6.18 Å². The van der Waals surface area contributed by atoms with Gasteiger partial charge in [0.1, 0.15) is 6.29 Å². The third-order valence-corrected chi connectivity index (χ3v) is 6.09. The van der Waals surface area contributed by atoms with Crippen LogP contribution in [0.15, 0.2) is 18.2 Å². The van der Waals surface area contributed by atoms with Gasteiger partial charge in [0, 0.05) is 36.9 Å².